The van der Waals surface area contributed by atoms with E-state index in [1.54, 1.807) is 37.2 Å². The molecule has 0 saturated carbocycles. The summed E-state index contributed by atoms with van der Waals surface area (Å²) in [5.41, 5.74) is 2.71. The number of hydrogen-bond acceptors (Lipinski definition) is 5. The van der Waals surface area contributed by atoms with E-state index in [0.29, 0.717) is 5.88 Å². The van der Waals surface area contributed by atoms with Gasteiger partial charge in [0.25, 0.3) is 5.91 Å². The molecule has 1 amide bonds. The maximum Gasteiger partial charge on any atom is 0.297 e. The predicted molar refractivity (Wildman–Crippen MR) is 92.4 cm³/mol. The largest absolute Gasteiger partial charge is 0.481 e. The van der Waals surface area contributed by atoms with Crippen molar-refractivity contribution >= 4 is 5.91 Å². The van der Waals surface area contributed by atoms with Crippen LogP contribution in [0, 0.1) is 0 Å². The molecule has 2 aromatic heterocycles. The summed E-state index contributed by atoms with van der Waals surface area (Å²) in [5.74, 6) is 0.174. The smallest absolute Gasteiger partial charge is 0.297 e. The minimum atomic E-state index is -0.333. The zero-order chi connectivity index (χ0) is 17.8. The molecule has 0 atom stereocenters. The molecule has 3 aromatic rings. The number of amides is 1. The van der Waals surface area contributed by atoms with Crippen molar-refractivity contribution in [3.8, 4) is 22.8 Å². The van der Waals surface area contributed by atoms with E-state index in [2.05, 4.69) is 10.1 Å². The Morgan fingerprint density at radius 3 is 2.48 bits per heavy atom. The Hall–Kier alpha value is -3.19. The van der Waals surface area contributed by atoms with Crippen molar-refractivity contribution in [1.29, 1.82) is 0 Å². The minimum absolute atomic E-state index is 0.277. The van der Waals surface area contributed by atoms with E-state index in [1.807, 2.05) is 36.4 Å². The van der Waals surface area contributed by atoms with Gasteiger partial charge in [0.15, 0.2) is 5.69 Å². The van der Waals surface area contributed by atoms with Gasteiger partial charge in [-0.1, -0.05) is 30.3 Å². The number of carbonyl (C=O) groups excluding carboxylic acids is 1. The Morgan fingerprint density at radius 2 is 1.88 bits per heavy atom. The maximum atomic E-state index is 12.4. The number of ether oxygens (including phenoxy) is 1. The molecule has 3 rings (SSSR count). The molecule has 128 valence electrons. The van der Waals surface area contributed by atoms with Gasteiger partial charge in [-0.2, -0.15) is 5.10 Å². The van der Waals surface area contributed by atoms with Crippen LogP contribution in [0.15, 0.2) is 54.7 Å². The quantitative estimate of drug-likeness (QED) is 0.669. The van der Waals surface area contributed by atoms with Crippen LogP contribution in [0.2, 0.25) is 0 Å². The summed E-state index contributed by atoms with van der Waals surface area (Å²) in [6.07, 6.45) is 1.65. The number of pyridine rings is 1. The van der Waals surface area contributed by atoms with E-state index in [0.717, 1.165) is 22.0 Å². The third kappa shape index (κ3) is 3.36. The summed E-state index contributed by atoms with van der Waals surface area (Å²) in [6, 6.07) is 15.0. The van der Waals surface area contributed by atoms with Crippen molar-refractivity contribution < 1.29 is 14.4 Å². The highest BCUT2D eigenvalue weighted by Crippen LogP contribution is 2.24. The monoisotopic (exact) mass is 338 g/mol. The number of nitrogens with zero attached hydrogens (tertiary/aromatic N) is 4. The van der Waals surface area contributed by atoms with Gasteiger partial charge in [0, 0.05) is 18.7 Å². The van der Waals surface area contributed by atoms with Crippen molar-refractivity contribution in [2.45, 2.75) is 0 Å². The molecule has 25 heavy (non-hydrogen) atoms. The van der Waals surface area contributed by atoms with E-state index in [9.17, 15) is 4.79 Å². The van der Waals surface area contributed by atoms with Crippen LogP contribution in [0.25, 0.3) is 16.9 Å². The van der Waals surface area contributed by atoms with Gasteiger partial charge in [-0.25, -0.2) is 14.7 Å². The molecule has 0 bridgehead atoms. The number of rotatable bonds is 5. The molecule has 2 heterocycles. The van der Waals surface area contributed by atoms with E-state index < -0.39 is 0 Å². The number of hydroxylamine groups is 2. The molecular formula is C18H18N4O3. The van der Waals surface area contributed by atoms with Gasteiger partial charge < -0.3 is 4.74 Å². The first-order valence-electron chi connectivity index (χ1n) is 7.62. The van der Waals surface area contributed by atoms with Crippen molar-refractivity contribution in [3.05, 3.63) is 60.4 Å². The number of benzene rings is 1. The fourth-order valence-corrected chi connectivity index (χ4v) is 2.36. The van der Waals surface area contributed by atoms with Crippen molar-refractivity contribution in [2.75, 3.05) is 21.3 Å². The van der Waals surface area contributed by atoms with Crippen LogP contribution in [-0.2, 0) is 4.84 Å². The summed E-state index contributed by atoms with van der Waals surface area (Å²) in [5, 5.41) is 5.58. The van der Waals surface area contributed by atoms with Gasteiger partial charge in [0.2, 0.25) is 5.88 Å². The van der Waals surface area contributed by atoms with E-state index in [4.69, 9.17) is 9.57 Å². The molecule has 7 heteroatoms. The zero-order valence-electron chi connectivity index (χ0n) is 14.2. The van der Waals surface area contributed by atoms with Crippen LogP contribution in [0.1, 0.15) is 10.5 Å². The second kappa shape index (κ2) is 7.14. The third-order valence-corrected chi connectivity index (χ3v) is 3.73. The molecule has 0 fully saturated rings. The first kappa shape index (κ1) is 16.7. The van der Waals surface area contributed by atoms with Gasteiger partial charge in [0.05, 0.1) is 31.8 Å². The first-order chi connectivity index (χ1) is 12.1. The van der Waals surface area contributed by atoms with Gasteiger partial charge in [-0.15, -0.1) is 0 Å². The van der Waals surface area contributed by atoms with Crippen LogP contribution < -0.4 is 4.74 Å². The molecule has 0 saturated heterocycles. The first-order valence-corrected chi connectivity index (χ1v) is 7.62. The van der Waals surface area contributed by atoms with Gasteiger partial charge in [0.1, 0.15) is 0 Å². The summed E-state index contributed by atoms with van der Waals surface area (Å²) in [4.78, 5) is 21.6. The molecule has 0 radical (unpaired) electrons. The summed E-state index contributed by atoms with van der Waals surface area (Å²) in [7, 11) is 4.53. The van der Waals surface area contributed by atoms with Crippen LogP contribution in [0.5, 0.6) is 5.88 Å². The molecule has 1 aromatic carbocycles. The van der Waals surface area contributed by atoms with Crippen molar-refractivity contribution in [1.82, 2.24) is 19.8 Å². The topological polar surface area (TPSA) is 69.5 Å². The summed E-state index contributed by atoms with van der Waals surface area (Å²) >= 11 is 0. The second-order valence-electron chi connectivity index (χ2n) is 5.24. The number of hydrogen-bond donors (Lipinski definition) is 0. The molecule has 0 aliphatic carbocycles. The SMILES string of the molecule is COc1ccc(-n2nc(C(=O)N(C)OC)cc2-c2ccccc2)cn1. The second-order valence-corrected chi connectivity index (χ2v) is 5.24. The highest BCUT2D eigenvalue weighted by atomic mass is 16.7. The fraction of sp³-hybridized carbons (Fsp3) is 0.167. The van der Waals surface area contributed by atoms with E-state index in [-0.39, 0.29) is 11.6 Å². The molecule has 0 aliphatic rings. The van der Waals surface area contributed by atoms with Crippen LogP contribution in [0.3, 0.4) is 0 Å². The Kier molecular flexibility index (Phi) is 4.76. The van der Waals surface area contributed by atoms with Gasteiger partial charge in [-0.05, 0) is 12.1 Å². The van der Waals surface area contributed by atoms with Crippen molar-refractivity contribution in [3.63, 3.8) is 0 Å². The Bertz CT molecular complexity index is 860. The highest BCUT2D eigenvalue weighted by Gasteiger charge is 2.19. The summed E-state index contributed by atoms with van der Waals surface area (Å²) in [6.45, 7) is 0. The lowest BCUT2D eigenvalue weighted by Gasteiger charge is -2.11. The molecule has 0 aliphatic heterocycles. The van der Waals surface area contributed by atoms with Gasteiger partial charge >= 0.3 is 0 Å². The van der Waals surface area contributed by atoms with Crippen LogP contribution in [0.4, 0.5) is 0 Å². The number of aromatic nitrogens is 3. The fourth-order valence-electron chi connectivity index (χ4n) is 2.36. The predicted octanol–water partition coefficient (Wildman–Crippen LogP) is 2.58. The molecule has 0 N–H and O–H groups in total. The summed E-state index contributed by atoms with van der Waals surface area (Å²) < 4.78 is 6.77. The van der Waals surface area contributed by atoms with Gasteiger partial charge in [-0.3, -0.25) is 9.63 Å². The highest BCUT2D eigenvalue weighted by molar-refractivity contribution is 5.92. The lowest BCUT2D eigenvalue weighted by molar-refractivity contribution is -0.0760. The number of carbonyl (C=O) groups is 1. The standard InChI is InChI=1S/C18H18N4O3/c1-21(25-3)18(23)15-11-16(13-7-5-4-6-8-13)22(20-15)14-9-10-17(24-2)19-12-14/h4-12H,1-3H3. The molecule has 0 unspecified atom stereocenters. The van der Waals surface area contributed by atoms with E-state index >= 15 is 0 Å². The Labute approximate surface area is 145 Å². The normalized spacial score (nSPS) is 10.5. The average molecular weight is 338 g/mol. The lowest BCUT2D eigenvalue weighted by Crippen LogP contribution is -2.25. The lowest BCUT2D eigenvalue weighted by atomic mass is 10.1. The van der Waals surface area contributed by atoms with Crippen LogP contribution in [-0.4, -0.2) is 47.0 Å². The van der Waals surface area contributed by atoms with E-state index in [1.165, 1.54) is 7.11 Å². The van der Waals surface area contributed by atoms with Crippen LogP contribution >= 0.6 is 0 Å². The minimum Gasteiger partial charge on any atom is -0.481 e. The third-order valence-electron chi connectivity index (χ3n) is 3.73. The average Bonchev–Trinajstić information content (AvgIpc) is 3.13. The Morgan fingerprint density at radius 1 is 1.12 bits per heavy atom. The zero-order valence-corrected chi connectivity index (χ0v) is 14.2. The van der Waals surface area contributed by atoms with Crippen molar-refractivity contribution in [2.24, 2.45) is 0 Å². The Balaban J connectivity index is 2.11. The maximum absolute atomic E-state index is 12.4. The molecule has 0 spiro atoms. The molecule has 7 nitrogen and oxygen atoms in total. The number of methoxy groups -OCH3 is 1. The molecular weight excluding hydrogens is 320 g/mol.